The first kappa shape index (κ1) is 44.8. The van der Waals surface area contributed by atoms with Gasteiger partial charge in [-0.05, 0) is 103 Å². The number of H-pyrrole nitrogens is 2. The molecule has 0 radical (unpaired) electrons. The first-order valence-electron chi connectivity index (χ1n) is 23.3. The maximum Gasteiger partial charge on any atom is 0.128 e. The summed E-state index contributed by atoms with van der Waals surface area (Å²) in [6.07, 6.45) is 1.63. The zero-order valence-corrected chi connectivity index (χ0v) is 40.6. The van der Waals surface area contributed by atoms with Crippen molar-refractivity contribution in [2.75, 3.05) is 0 Å². The van der Waals surface area contributed by atoms with Crippen LogP contribution in [0.4, 0.5) is 0 Å². The maximum absolute atomic E-state index is 12.3. The molecule has 0 spiro atoms. The van der Waals surface area contributed by atoms with Gasteiger partial charge in [0.05, 0.1) is 22.8 Å². The van der Waals surface area contributed by atoms with Crippen molar-refractivity contribution in [2.24, 2.45) is 0 Å². The number of aromatic nitrogens is 4. The zero-order valence-electron chi connectivity index (χ0n) is 40.6. The molecule has 2 aliphatic heterocycles. The van der Waals surface area contributed by atoms with Gasteiger partial charge in [0.15, 0.2) is 0 Å². The molecule has 66 heavy (non-hydrogen) atoms. The molecule has 3 aromatic heterocycles. The van der Waals surface area contributed by atoms with Gasteiger partial charge in [0.25, 0.3) is 0 Å². The van der Waals surface area contributed by atoms with Crippen LogP contribution in [0.2, 0.25) is 0 Å². The van der Waals surface area contributed by atoms with Crippen LogP contribution in [0.3, 0.4) is 0 Å². The summed E-state index contributed by atoms with van der Waals surface area (Å²) in [6.45, 7) is 26.6. The highest BCUT2D eigenvalue weighted by Gasteiger charge is 2.35. The lowest BCUT2D eigenvalue weighted by molar-refractivity contribution is 0.0260. The molecule has 0 amide bonds. The molecule has 0 fully saturated rings. The Hall–Kier alpha value is -6.34. The van der Waals surface area contributed by atoms with Crippen LogP contribution in [0.1, 0.15) is 140 Å². The number of fused-ring (bicyclic) bond motifs is 8. The largest absolute Gasteiger partial charge is 0.384 e. The summed E-state index contributed by atoms with van der Waals surface area (Å²) >= 11 is 0. The summed E-state index contributed by atoms with van der Waals surface area (Å²) < 4.78 is 0. The lowest BCUT2D eigenvalue weighted by Gasteiger charge is -2.20. The van der Waals surface area contributed by atoms with E-state index in [-0.39, 0.29) is 21.7 Å². The third kappa shape index (κ3) is 8.38. The van der Waals surface area contributed by atoms with Crippen LogP contribution in [-0.4, -0.2) is 30.1 Å². The van der Waals surface area contributed by atoms with E-state index in [2.05, 4.69) is 227 Å². The van der Waals surface area contributed by atoms with Crippen LogP contribution in [0.25, 0.3) is 78.7 Å². The molecule has 7 aromatic rings. The molecule has 4 aromatic carbocycles. The van der Waals surface area contributed by atoms with Gasteiger partial charge in [-0.15, -0.1) is 0 Å². The van der Waals surface area contributed by atoms with Crippen molar-refractivity contribution < 1.29 is 10.2 Å². The summed E-state index contributed by atoms with van der Waals surface area (Å²) in [5, 5.41) is 24.7. The predicted octanol–water partition coefficient (Wildman–Crippen LogP) is 15.1. The Bertz CT molecular complexity index is 2940. The molecule has 0 saturated carbocycles. The molecule has 2 atom stereocenters. The molecule has 4 N–H and O–H groups in total. The number of aliphatic hydroxyl groups excluding tert-OH is 2. The van der Waals surface area contributed by atoms with E-state index in [4.69, 9.17) is 9.97 Å². The topological polar surface area (TPSA) is 97.8 Å². The molecule has 8 bridgehead atoms. The second-order valence-electron chi connectivity index (χ2n) is 22.4. The second kappa shape index (κ2) is 16.2. The average molecular weight is 873 g/mol. The molecule has 0 aliphatic carbocycles. The summed E-state index contributed by atoms with van der Waals surface area (Å²) in [7, 11) is 0. The zero-order chi connectivity index (χ0) is 47.1. The van der Waals surface area contributed by atoms with Gasteiger partial charge in [-0.2, -0.15) is 0 Å². The SMILES string of the molecule is CC(C)(C)c1ccc(-c2c3nc(c(-c4ccc(C(C)(C)C)cc4)c4ccc([nH]4)c(-c4ccc(C(C)(C)C)cc4)c4nc(c(-c5ccc(C(C)(C)C)cc5)c5ccc2[nH]5)[C@@H](O)[C@H]4O)C=C3)cc1. The number of rotatable bonds is 4. The van der Waals surface area contributed by atoms with E-state index in [1.54, 1.807) is 0 Å². The van der Waals surface area contributed by atoms with Gasteiger partial charge >= 0.3 is 0 Å². The number of benzene rings is 4. The van der Waals surface area contributed by atoms with Gasteiger partial charge in [0.2, 0.25) is 0 Å². The molecular weight excluding hydrogens is 809 g/mol. The third-order valence-corrected chi connectivity index (χ3v) is 13.4. The molecule has 6 heteroatoms. The van der Waals surface area contributed by atoms with Gasteiger partial charge in [0.1, 0.15) is 12.2 Å². The monoisotopic (exact) mass is 873 g/mol. The van der Waals surface area contributed by atoms with Crippen molar-refractivity contribution in [3.8, 4) is 44.5 Å². The standard InChI is InChI=1S/C60H64N4O2/c1-57(2,3)39-21-13-35(14-22-39)49-43-29-30-44(61-43)50(36-15-23-40(24-16-36)58(4,5)6)46-32-34-48(63-46)52(38-19-27-42(28-20-38)60(10,11)12)54-56(66)55(65)53(64-54)51(47-33-31-45(49)62-47)37-17-25-41(26-18-37)59(7,8)9/h13-34,55-56,62-63,65-66H,1-12H3/t55-,56+. The van der Waals surface area contributed by atoms with Crippen molar-refractivity contribution in [3.63, 3.8) is 0 Å². The number of hydrogen-bond donors (Lipinski definition) is 4. The van der Waals surface area contributed by atoms with Crippen LogP contribution < -0.4 is 0 Å². The highest BCUT2D eigenvalue weighted by molar-refractivity contribution is 5.97. The molecule has 5 heterocycles. The lowest BCUT2D eigenvalue weighted by Crippen LogP contribution is -2.10. The van der Waals surface area contributed by atoms with Crippen LogP contribution in [0.15, 0.2) is 121 Å². The van der Waals surface area contributed by atoms with Crippen molar-refractivity contribution in [2.45, 2.75) is 117 Å². The molecule has 9 rings (SSSR count). The van der Waals surface area contributed by atoms with Gasteiger partial charge in [-0.25, -0.2) is 4.98 Å². The minimum atomic E-state index is -1.31. The molecule has 0 saturated heterocycles. The van der Waals surface area contributed by atoms with E-state index in [9.17, 15) is 10.2 Å². The number of aromatic amines is 2. The minimum Gasteiger partial charge on any atom is -0.384 e. The van der Waals surface area contributed by atoms with E-state index >= 15 is 0 Å². The molecular formula is C60H64N4O2. The van der Waals surface area contributed by atoms with E-state index in [0.717, 1.165) is 78.0 Å². The summed E-state index contributed by atoms with van der Waals surface area (Å²) in [6, 6.07) is 43.0. The maximum atomic E-state index is 12.3. The number of aliphatic hydroxyl groups is 2. The van der Waals surface area contributed by atoms with Crippen molar-refractivity contribution in [1.82, 2.24) is 19.9 Å². The fraction of sp³-hybridized carbons (Fsp3) is 0.300. The van der Waals surface area contributed by atoms with E-state index < -0.39 is 12.2 Å². The van der Waals surface area contributed by atoms with Gasteiger partial charge in [0, 0.05) is 44.3 Å². The predicted molar refractivity (Wildman–Crippen MR) is 276 cm³/mol. The lowest BCUT2D eigenvalue weighted by atomic mass is 9.86. The highest BCUT2D eigenvalue weighted by atomic mass is 16.3. The Labute approximate surface area is 390 Å². The Balaban J connectivity index is 1.45. The van der Waals surface area contributed by atoms with Crippen molar-refractivity contribution in [1.29, 1.82) is 0 Å². The molecule has 0 unspecified atom stereocenters. The van der Waals surface area contributed by atoms with Crippen LogP contribution in [-0.2, 0) is 21.7 Å². The summed E-state index contributed by atoms with van der Waals surface area (Å²) in [4.78, 5) is 18.5. The highest BCUT2D eigenvalue weighted by Crippen LogP contribution is 2.45. The molecule has 336 valence electrons. The molecule has 6 nitrogen and oxygen atoms in total. The van der Waals surface area contributed by atoms with Crippen molar-refractivity contribution in [3.05, 3.63) is 166 Å². The fourth-order valence-electron chi connectivity index (χ4n) is 9.30. The van der Waals surface area contributed by atoms with Crippen LogP contribution in [0.5, 0.6) is 0 Å². The Morgan fingerprint density at radius 2 is 0.576 bits per heavy atom. The van der Waals surface area contributed by atoms with Crippen LogP contribution in [0, 0.1) is 0 Å². The van der Waals surface area contributed by atoms with Gasteiger partial charge < -0.3 is 20.2 Å². The van der Waals surface area contributed by atoms with Crippen molar-refractivity contribution >= 4 is 34.2 Å². The second-order valence-corrected chi connectivity index (χ2v) is 22.4. The normalized spacial score (nSPS) is 15.7. The van der Waals surface area contributed by atoms with E-state index in [1.165, 1.54) is 22.3 Å². The number of nitrogens with zero attached hydrogens (tertiary/aromatic N) is 2. The number of hydrogen-bond acceptors (Lipinski definition) is 4. The first-order valence-corrected chi connectivity index (χ1v) is 23.3. The minimum absolute atomic E-state index is 0.0147. The van der Waals surface area contributed by atoms with Gasteiger partial charge in [-0.1, -0.05) is 180 Å². The smallest absolute Gasteiger partial charge is 0.128 e. The fourth-order valence-corrected chi connectivity index (χ4v) is 9.30. The quantitative estimate of drug-likeness (QED) is 0.142. The molecule has 2 aliphatic rings. The van der Waals surface area contributed by atoms with E-state index in [0.29, 0.717) is 11.4 Å². The summed E-state index contributed by atoms with van der Waals surface area (Å²) in [5.74, 6) is 0. The average Bonchev–Trinajstić information content (AvgIpc) is 4.09. The van der Waals surface area contributed by atoms with E-state index in [1.807, 2.05) is 0 Å². The van der Waals surface area contributed by atoms with Crippen LogP contribution >= 0.6 is 0 Å². The Morgan fingerprint density at radius 3 is 0.833 bits per heavy atom. The first-order chi connectivity index (χ1) is 31.1. The summed E-state index contributed by atoms with van der Waals surface area (Å²) in [5.41, 5.74) is 17.6. The van der Waals surface area contributed by atoms with Gasteiger partial charge in [-0.3, -0.25) is 4.98 Å². The Morgan fingerprint density at radius 1 is 0.333 bits per heavy atom. The Kier molecular flexibility index (Phi) is 11.0. The third-order valence-electron chi connectivity index (χ3n) is 13.4. The number of nitrogens with one attached hydrogen (secondary N) is 2.